The van der Waals surface area contributed by atoms with E-state index < -0.39 is 0 Å². The molecule has 0 amide bonds. The monoisotopic (exact) mass is 222 g/mol. The number of hydrogen-bond acceptors (Lipinski definition) is 3. The summed E-state index contributed by atoms with van der Waals surface area (Å²) in [5.74, 6) is -0.324. The van der Waals surface area contributed by atoms with E-state index in [0.717, 1.165) is 0 Å². The number of methoxy groups -OCH3 is 1. The van der Waals surface area contributed by atoms with E-state index in [1.54, 1.807) is 7.11 Å². The fourth-order valence-corrected chi connectivity index (χ4v) is 1.31. The molecule has 0 fully saturated rings. The first kappa shape index (κ1) is 12.6. The van der Waals surface area contributed by atoms with E-state index in [1.807, 2.05) is 13.0 Å². The van der Waals surface area contributed by atoms with Crippen molar-refractivity contribution in [2.45, 2.75) is 19.6 Å². The standard InChI is InChI=1S/C12H15FN2O/c1-9(16-2)7-15-8-11-5-12(13)4-3-10(11)6-14/h3-5,9,15H,7-8H2,1-2H3. The lowest BCUT2D eigenvalue weighted by molar-refractivity contribution is 0.117. The van der Waals surface area contributed by atoms with E-state index in [9.17, 15) is 4.39 Å². The van der Waals surface area contributed by atoms with E-state index in [4.69, 9.17) is 10.00 Å². The smallest absolute Gasteiger partial charge is 0.123 e. The summed E-state index contributed by atoms with van der Waals surface area (Å²) in [4.78, 5) is 0. The van der Waals surface area contributed by atoms with Crippen LogP contribution in [0.5, 0.6) is 0 Å². The van der Waals surface area contributed by atoms with Crippen LogP contribution in [0.3, 0.4) is 0 Å². The van der Waals surface area contributed by atoms with Crippen LogP contribution in [0.1, 0.15) is 18.1 Å². The van der Waals surface area contributed by atoms with Crippen LogP contribution in [0.15, 0.2) is 18.2 Å². The molecular weight excluding hydrogens is 207 g/mol. The number of nitrogens with one attached hydrogen (secondary N) is 1. The van der Waals surface area contributed by atoms with Gasteiger partial charge in [0, 0.05) is 20.2 Å². The summed E-state index contributed by atoms with van der Waals surface area (Å²) >= 11 is 0. The van der Waals surface area contributed by atoms with Gasteiger partial charge >= 0.3 is 0 Å². The Balaban J connectivity index is 2.59. The number of hydrogen-bond donors (Lipinski definition) is 1. The highest BCUT2D eigenvalue weighted by Gasteiger charge is 2.04. The van der Waals surface area contributed by atoms with Gasteiger partial charge in [-0.3, -0.25) is 0 Å². The molecule has 1 aromatic rings. The maximum Gasteiger partial charge on any atom is 0.123 e. The van der Waals surface area contributed by atoms with Gasteiger partial charge in [0.25, 0.3) is 0 Å². The summed E-state index contributed by atoms with van der Waals surface area (Å²) in [7, 11) is 1.63. The molecule has 0 aromatic heterocycles. The van der Waals surface area contributed by atoms with Gasteiger partial charge in [-0.05, 0) is 30.7 Å². The molecule has 0 aliphatic rings. The third-order valence-corrected chi connectivity index (χ3v) is 2.34. The number of ether oxygens (including phenoxy) is 1. The molecule has 1 N–H and O–H groups in total. The number of nitriles is 1. The average molecular weight is 222 g/mol. The van der Waals surface area contributed by atoms with Gasteiger partial charge in [0.2, 0.25) is 0 Å². The van der Waals surface area contributed by atoms with Crippen molar-refractivity contribution in [1.29, 1.82) is 5.26 Å². The van der Waals surface area contributed by atoms with Crippen molar-refractivity contribution < 1.29 is 9.13 Å². The normalized spacial score (nSPS) is 12.1. The second kappa shape index (κ2) is 6.21. The van der Waals surface area contributed by atoms with Gasteiger partial charge in [-0.1, -0.05) is 0 Å². The van der Waals surface area contributed by atoms with Gasteiger partial charge in [-0.2, -0.15) is 5.26 Å². The van der Waals surface area contributed by atoms with E-state index >= 15 is 0 Å². The number of halogens is 1. The topological polar surface area (TPSA) is 45.0 Å². The van der Waals surface area contributed by atoms with Crippen LogP contribution >= 0.6 is 0 Å². The lowest BCUT2D eigenvalue weighted by atomic mass is 10.1. The van der Waals surface area contributed by atoms with Gasteiger partial charge in [0.15, 0.2) is 0 Å². The zero-order valence-electron chi connectivity index (χ0n) is 9.46. The first-order valence-corrected chi connectivity index (χ1v) is 5.09. The predicted octanol–water partition coefficient (Wildman–Crippen LogP) is 1.82. The Kier molecular flexibility index (Phi) is 4.90. The SMILES string of the molecule is COC(C)CNCc1cc(F)ccc1C#N. The predicted molar refractivity (Wildman–Crippen MR) is 59.3 cm³/mol. The minimum absolute atomic E-state index is 0.0964. The van der Waals surface area contributed by atoms with Gasteiger partial charge in [-0.15, -0.1) is 0 Å². The third kappa shape index (κ3) is 3.61. The lowest BCUT2D eigenvalue weighted by Gasteiger charge is -2.11. The van der Waals surface area contributed by atoms with Crippen molar-refractivity contribution in [2.75, 3.05) is 13.7 Å². The molecule has 0 saturated heterocycles. The summed E-state index contributed by atoms with van der Waals surface area (Å²) in [5, 5.41) is 12.0. The van der Waals surface area contributed by atoms with Crippen molar-refractivity contribution in [2.24, 2.45) is 0 Å². The first-order valence-electron chi connectivity index (χ1n) is 5.09. The van der Waals surface area contributed by atoms with Gasteiger partial charge in [-0.25, -0.2) is 4.39 Å². The lowest BCUT2D eigenvalue weighted by Crippen LogP contribution is -2.25. The van der Waals surface area contributed by atoms with Crippen molar-refractivity contribution >= 4 is 0 Å². The zero-order chi connectivity index (χ0) is 12.0. The molecule has 1 atom stereocenters. The molecular formula is C12H15FN2O. The van der Waals surface area contributed by atoms with Crippen molar-refractivity contribution in [1.82, 2.24) is 5.32 Å². The number of nitrogens with zero attached hydrogens (tertiary/aromatic N) is 1. The Morgan fingerprint density at radius 1 is 1.56 bits per heavy atom. The highest BCUT2D eigenvalue weighted by Crippen LogP contribution is 2.10. The summed E-state index contributed by atoms with van der Waals surface area (Å²) in [6.07, 6.45) is 0.0964. The quantitative estimate of drug-likeness (QED) is 0.826. The molecule has 0 aliphatic heterocycles. The molecule has 3 nitrogen and oxygen atoms in total. The summed E-state index contributed by atoms with van der Waals surface area (Å²) in [6, 6.07) is 6.20. The van der Waals surface area contributed by atoms with Gasteiger partial charge < -0.3 is 10.1 Å². The van der Waals surface area contributed by atoms with Gasteiger partial charge in [0.05, 0.1) is 17.7 Å². The molecule has 4 heteroatoms. The van der Waals surface area contributed by atoms with Crippen LogP contribution in [-0.2, 0) is 11.3 Å². The van der Waals surface area contributed by atoms with Crippen molar-refractivity contribution in [3.05, 3.63) is 35.1 Å². The largest absolute Gasteiger partial charge is 0.380 e. The highest BCUT2D eigenvalue weighted by atomic mass is 19.1. The zero-order valence-corrected chi connectivity index (χ0v) is 9.46. The first-order chi connectivity index (χ1) is 7.67. The Labute approximate surface area is 94.8 Å². The Hall–Kier alpha value is -1.44. The summed E-state index contributed by atoms with van der Waals surface area (Å²) < 4.78 is 18.0. The van der Waals surface area contributed by atoms with Crippen LogP contribution in [0.4, 0.5) is 4.39 Å². The minimum atomic E-state index is -0.324. The van der Waals surface area contributed by atoms with E-state index in [0.29, 0.717) is 24.2 Å². The van der Waals surface area contributed by atoms with E-state index in [-0.39, 0.29) is 11.9 Å². The molecule has 1 rings (SSSR count). The molecule has 0 radical (unpaired) electrons. The van der Waals surface area contributed by atoms with Crippen LogP contribution in [0, 0.1) is 17.1 Å². The van der Waals surface area contributed by atoms with Gasteiger partial charge in [0.1, 0.15) is 5.82 Å². The second-order valence-corrected chi connectivity index (χ2v) is 3.59. The molecule has 0 aliphatic carbocycles. The van der Waals surface area contributed by atoms with Crippen LogP contribution < -0.4 is 5.32 Å². The highest BCUT2D eigenvalue weighted by molar-refractivity contribution is 5.37. The second-order valence-electron chi connectivity index (χ2n) is 3.59. The maximum atomic E-state index is 13.0. The molecule has 0 heterocycles. The molecule has 0 bridgehead atoms. The van der Waals surface area contributed by atoms with E-state index in [1.165, 1.54) is 18.2 Å². The summed E-state index contributed by atoms with van der Waals surface area (Å²) in [6.45, 7) is 3.07. The summed E-state index contributed by atoms with van der Waals surface area (Å²) in [5.41, 5.74) is 1.17. The minimum Gasteiger partial charge on any atom is -0.380 e. The van der Waals surface area contributed by atoms with E-state index in [2.05, 4.69) is 5.32 Å². The Bertz CT molecular complexity index is 387. The van der Waals surface area contributed by atoms with Crippen LogP contribution in [0.2, 0.25) is 0 Å². The number of benzene rings is 1. The van der Waals surface area contributed by atoms with Crippen molar-refractivity contribution in [3.63, 3.8) is 0 Å². The molecule has 86 valence electrons. The molecule has 1 aromatic carbocycles. The van der Waals surface area contributed by atoms with Crippen LogP contribution in [0.25, 0.3) is 0 Å². The Morgan fingerprint density at radius 3 is 2.94 bits per heavy atom. The average Bonchev–Trinajstić information content (AvgIpc) is 2.29. The van der Waals surface area contributed by atoms with Crippen molar-refractivity contribution in [3.8, 4) is 6.07 Å². The van der Waals surface area contributed by atoms with Crippen LogP contribution in [-0.4, -0.2) is 19.8 Å². The Morgan fingerprint density at radius 2 is 2.31 bits per heavy atom. The molecule has 0 saturated carbocycles. The number of rotatable bonds is 5. The fourth-order valence-electron chi connectivity index (χ4n) is 1.31. The molecule has 0 spiro atoms. The fraction of sp³-hybridized carbons (Fsp3) is 0.417. The molecule has 1 unspecified atom stereocenters. The molecule has 16 heavy (non-hydrogen) atoms. The maximum absolute atomic E-state index is 13.0. The third-order valence-electron chi connectivity index (χ3n) is 2.34.